The van der Waals surface area contributed by atoms with E-state index in [0.717, 1.165) is 5.56 Å². The minimum Gasteiger partial charge on any atom is -0.322 e. The molecule has 0 atom stereocenters. The van der Waals surface area contributed by atoms with Crippen LogP contribution in [0.2, 0.25) is 10.0 Å². The molecule has 6 heteroatoms. The van der Waals surface area contributed by atoms with Gasteiger partial charge in [-0.15, -0.1) is 0 Å². The van der Waals surface area contributed by atoms with Gasteiger partial charge in [0.05, 0.1) is 15.6 Å². The summed E-state index contributed by atoms with van der Waals surface area (Å²) in [6.45, 7) is 1.88. The molecule has 0 bridgehead atoms. The summed E-state index contributed by atoms with van der Waals surface area (Å²) >= 11 is 14.7. The van der Waals surface area contributed by atoms with Crippen molar-refractivity contribution in [3.05, 3.63) is 61.8 Å². The lowest BCUT2D eigenvalue weighted by Crippen LogP contribution is -2.13. The summed E-state index contributed by atoms with van der Waals surface area (Å²) in [7, 11) is 0. The fourth-order valence-corrected chi connectivity index (χ4v) is 2.55. The Morgan fingerprint density at radius 2 is 1.80 bits per heavy atom. The zero-order chi connectivity index (χ0) is 14.9. The molecular weight excluding hydrogens is 368 g/mol. The highest BCUT2D eigenvalue weighted by molar-refractivity contribution is 9.10. The van der Waals surface area contributed by atoms with E-state index in [9.17, 15) is 9.18 Å². The van der Waals surface area contributed by atoms with Crippen LogP contribution in [0.5, 0.6) is 0 Å². The summed E-state index contributed by atoms with van der Waals surface area (Å²) < 4.78 is 14.0. The van der Waals surface area contributed by atoms with Crippen molar-refractivity contribution in [2.75, 3.05) is 5.32 Å². The van der Waals surface area contributed by atoms with Crippen LogP contribution in [0.1, 0.15) is 15.9 Å². The number of hydrogen-bond donors (Lipinski definition) is 1. The van der Waals surface area contributed by atoms with Crippen LogP contribution in [0, 0.1) is 12.7 Å². The van der Waals surface area contributed by atoms with Crippen molar-refractivity contribution in [3.63, 3.8) is 0 Å². The number of halogens is 4. The van der Waals surface area contributed by atoms with E-state index < -0.39 is 5.82 Å². The van der Waals surface area contributed by atoms with Crippen LogP contribution in [0.25, 0.3) is 0 Å². The normalized spacial score (nSPS) is 10.4. The van der Waals surface area contributed by atoms with Crippen molar-refractivity contribution in [1.82, 2.24) is 0 Å². The number of rotatable bonds is 2. The highest BCUT2D eigenvalue weighted by Crippen LogP contribution is 2.28. The van der Waals surface area contributed by atoms with E-state index in [0.29, 0.717) is 15.7 Å². The number of carbonyl (C=O) groups is 1. The second kappa shape index (κ2) is 6.12. The summed E-state index contributed by atoms with van der Waals surface area (Å²) in [5.41, 5.74) is 1.76. The molecule has 1 amide bonds. The third-order valence-electron chi connectivity index (χ3n) is 2.61. The average Bonchev–Trinajstić information content (AvgIpc) is 2.38. The summed E-state index contributed by atoms with van der Waals surface area (Å²) in [4.78, 5) is 12.2. The Labute approximate surface area is 134 Å². The number of hydrogen-bond acceptors (Lipinski definition) is 1. The lowest BCUT2D eigenvalue weighted by atomic mass is 10.1. The standard InChI is InChI=1S/C14H9BrCl2FNO/c1-7-2-3-10(15)9(4-7)14(20)19-8-5-11(16)13(18)12(17)6-8/h2-6H,1H3,(H,19,20). The molecule has 104 valence electrons. The molecule has 2 rings (SSSR count). The Balaban J connectivity index is 2.30. The molecule has 0 aliphatic carbocycles. The SMILES string of the molecule is Cc1ccc(Br)c(C(=O)Nc2cc(Cl)c(F)c(Cl)c2)c1. The fourth-order valence-electron chi connectivity index (χ4n) is 1.64. The van der Waals surface area contributed by atoms with Gasteiger partial charge < -0.3 is 5.32 Å². The first-order chi connectivity index (χ1) is 9.38. The van der Waals surface area contributed by atoms with Gasteiger partial charge in [-0.05, 0) is 47.1 Å². The molecule has 2 aromatic rings. The van der Waals surface area contributed by atoms with Crippen LogP contribution in [-0.2, 0) is 0 Å². The molecule has 0 heterocycles. The molecule has 0 saturated heterocycles. The van der Waals surface area contributed by atoms with Gasteiger partial charge in [-0.2, -0.15) is 0 Å². The van der Waals surface area contributed by atoms with E-state index in [4.69, 9.17) is 23.2 Å². The molecule has 0 spiro atoms. The third kappa shape index (κ3) is 3.32. The van der Waals surface area contributed by atoms with E-state index in [2.05, 4.69) is 21.2 Å². The Morgan fingerprint density at radius 1 is 1.20 bits per heavy atom. The lowest BCUT2D eigenvalue weighted by molar-refractivity contribution is 0.102. The van der Waals surface area contributed by atoms with Crippen LogP contribution in [-0.4, -0.2) is 5.91 Å². The van der Waals surface area contributed by atoms with Crippen molar-refractivity contribution in [3.8, 4) is 0 Å². The number of benzene rings is 2. The van der Waals surface area contributed by atoms with Gasteiger partial charge in [-0.25, -0.2) is 4.39 Å². The maximum absolute atomic E-state index is 13.3. The first-order valence-electron chi connectivity index (χ1n) is 5.60. The van der Waals surface area contributed by atoms with Crippen molar-refractivity contribution in [2.45, 2.75) is 6.92 Å². The molecule has 0 saturated carbocycles. The van der Waals surface area contributed by atoms with E-state index >= 15 is 0 Å². The quantitative estimate of drug-likeness (QED) is 0.693. The Hall–Kier alpha value is -1.10. The van der Waals surface area contributed by atoms with Crippen LogP contribution in [0.15, 0.2) is 34.8 Å². The van der Waals surface area contributed by atoms with E-state index in [1.807, 2.05) is 13.0 Å². The molecule has 0 aromatic heterocycles. The van der Waals surface area contributed by atoms with Gasteiger partial charge in [0.1, 0.15) is 0 Å². The summed E-state index contributed by atoms with van der Waals surface area (Å²) in [5.74, 6) is -1.04. The van der Waals surface area contributed by atoms with E-state index in [-0.39, 0.29) is 16.0 Å². The molecular formula is C14H9BrCl2FNO. The maximum atomic E-state index is 13.3. The molecule has 0 aliphatic heterocycles. The van der Waals surface area contributed by atoms with Gasteiger partial charge in [0.2, 0.25) is 0 Å². The minimum absolute atomic E-state index is 0.142. The van der Waals surface area contributed by atoms with Crippen LogP contribution < -0.4 is 5.32 Å². The van der Waals surface area contributed by atoms with E-state index in [1.54, 1.807) is 12.1 Å². The van der Waals surface area contributed by atoms with Crippen LogP contribution in [0.3, 0.4) is 0 Å². The fraction of sp³-hybridized carbons (Fsp3) is 0.0714. The Morgan fingerprint density at radius 3 is 2.40 bits per heavy atom. The molecule has 0 unspecified atom stereocenters. The summed E-state index contributed by atoms with van der Waals surface area (Å²) in [6, 6.07) is 8.03. The molecule has 1 N–H and O–H groups in total. The molecule has 20 heavy (non-hydrogen) atoms. The largest absolute Gasteiger partial charge is 0.322 e. The highest BCUT2D eigenvalue weighted by Gasteiger charge is 2.13. The lowest BCUT2D eigenvalue weighted by Gasteiger charge is -2.09. The molecule has 2 nitrogen and oxygen atoms in total. The van der Waals surface area contributed by atoms with Gasteiger partial charge in [-0.1, -0.05) is 34.8 Å². The third-order valence-corrected chi connectivity index (χ3v) is 3.85. The Kier molecular flexibility index (Phi) is 4.68. The second-order valence-electron chi connectivity index (χ2n) is 4.19. The average molecular weight is 377 g/mol. The molecule has 0 radical (unpaired) electrons. The smallest absolute Gasteiger partial charge is 0.256 e. The topological polar surface area (TPSA) is 29.1 Å². The van der Waals surface area contributed by atoms with Gasteiger partial charge in [0, 0.05) is 10.2 Å². The zero-order valence-corrected chi connectivity index (χ0v) is 13.4. The van der Waals surface area contributed by atoms with Gasteiger partial charge >= 0.3 is 0 Å². The highest BCUT2D eigenvalue weighted by atomic mass is 79.9. The number of aryl methyl sites for hydroxylation is 1. The van der Waals surface area contributed by atoms with Gasteiger partial charge in [0.15, 0.2) is 5.82 Å². The number of amides is 1. The number of nitrogens with one attached hydrogen (secondary N) is 1. The predicted molar refractivity (Wildman–Crippen MR) is 83.3 cm³/mol. The summed E-state index contributed by atoms with van der Waals surface area (Å²) in [5, 5.41) is 2.35. The van der Waals surface area contributed by atoms with Gasteiger partial charge in [-0.3, -0.25) is 4.79 Å². The minimum atomic E-state index is -0.705. The molecule has 0 fully saturated rings. The Bertz CT molecular complexity index is 668. The molecule has 2 aromatic carbocycles. The van der Waals surface area contributed by atoms with Crippen molar-refractivity contribution < 1.29 is 9.18 Å². The van der Waals surface area contributed by atoms with Crippen LogP contribution >= 0.6 is 39.1 Å². The van der Waals surface area contributed by atoms with Crippen molar-refractivity contribution in [1.29, 1.82) is 0 Å². The second-order valence-corrected chi connectivity index (χ2v) is 5.86. The summed E-state index contributed by atoms with van der Waals surface area (Å²) in [6.07, 6.45) is 0. The molecule has 0 aliphatic rings. The van der Waals surface area contributed by atoms with Crippen molar-refractivity contribution >= 4 is 50.7 Å². The number of anilines is 1. The maximum Gasteiger partial charge on any atom is 0.256 e. The van der Waals surface area contributed by atoms with E-state index in [1.165, 1.54) is 12.1 Å². The predicted octanol–water partition coefficient (Wildman–Crippen LogP) is 5.46. The van der Waals surface area contributed by atoms with Crippen molar-refractivity contribution in [2.24, 2.45) is 0 Å². The zero-order valence-electron chi connectivity index (χ0n) is 10.3. The first kappa shape index (κ1) is 15.3. The van der Waals surface area contributed by atoms with Crippen LogP contribution in [0.4, 0.5) is 10.1 Å². The monoisotopic (exact) mass is 375 g/mol. The van der Waals surface area contributed by atoms with Gasteiger partial charge in [0.25, 0.3) is 5.91 Å². The first-order valence-corrected chi connectivity index (χ1v) is 7.15. The number of carbonyl (C=O) groups excluding carboxylic acids is 1.